The van der Waals surface area contributed by atoms with Crippen LogP contribution < -0.4 is 10.1 Å². The Morgan fingerprint density at radius 2 is 1.83 bits per heavy atom. The Morgan fingerprint density at radius 3 is 2.33 bits per heavy atom. The van der Waals surface area contributed by atoms with E-state index in [0.717, 1.165) is 18.4 Å². The van der Waals surface area contributed by atoms with Crippen LogP contribution in [0.5, 0.6) is 5.75 Å². The number of ether oxygens (including phenoxy) is 1. The van der Waals surface area contributed by atoms with Gasteiger partial charge < -0.3 is 10.1 Å². The molecular weight excluding hydrogens is 243 g/mol. The average molecular weight is 261 g/mol. The highest BCUT2D eigenvalue weighted by Gasteiger charge is 2.28. The summed E-state index contributed by atoms with van der Waals surface area (Å²) in [6.45, 7) is 0.837. The van der Waals surface area contributed by atoms with Gasteiger partial charge in [-0.3, -0.25) is 0 Å². The maximum Gasteiger partial charge on any atom is 0.422 e. The van der Waals surface area contributed by atoms with Gasteiger partial charge >= 0.3 is 6.18 Å². The standard InChI is InChI=1S/C13H18F3NO/c1-10(17-2)3-4-11-5-7-12(8-6-11)18-9-13(14,15)16/h5-8,10,17H,3-4,9H2,1-2H3. The van der Waals surface area contributed by atoms with E-state index < -0.39 is 12.8 Å². The first-order valence-electron chi connectivity index (χ1n) is 5.86. The largest absolute Gasteiger partial charge is 0.484 e. The summed E-state index contributed by atoms with van der Waals surface area (Å²) in [5.41, 5.74) is 1.09. The number of aryl methyl sites for hydroxylation is 1. The molecule has 0 amide bonds. The minimum Gasteiger partial charge on any atom is -0.484 e. The van der Waals surface area contributed by atoms with Gasteiger partial charge in [0, 0.05) is 6.04 Å². The molecule has 1 aromatic rings. The van der Waals surface area contributed by atoms with Crippen LogP contribution in [-0.4, -0.2) is 25.9 Å². The quantitative estimate of drug-likeness (QED) is 0.849. The molecule has 0 saturated carbocycles. The Labute approximate surface area is 105 Å². The van der Waals surface area contributed by atoms with Gasteiger partial charge in [-0.1, -0.05) is 12.1 Å². The van der Waals surface area contributed by atoms with Crippen LogP contribution in [0.3, 0.4) is 0 Å². The van der Waals surface area contributed by atoms with E-state index in [-0.39, 0.29) is 5.75 Å². The molecule has 102 valence electrons. The number of halogens is 3. The Bertz CT molecular complexity index is 348. The first-order chi connectivity index (χ1) is 8.40. The van der Waals surface area contributed by atoms with Crippen LogP contribution >= 0.6 is 0 Å². The second-order valence-corrected chi connectivity index (χ2v) is 4.28. The third-order valence-electron chi connectivity index (χ3n) is 2.68. The SMILES string of the molecule is CNC(C)CCc1ccc(OCC(F)(F)F)cc1. The number of hydrogen-bond donors (Lipinski definition) is 1. The normalized spacial score (nSPS) is 13.4. The molecule has 0 bridgehead atoms. The number of rotatable bonds is 6. The first-order valence-corrected chi connectivity index (χ1v) is 5.86. The highest BCUT2D eigenvalue weighted by Crippen LogP contribution is 2.19. The molecule has 0 aliphatic rings. The lowest BCUT2D eigenvalue weighted by molar-refractivity contribution is -0.153. The molecule has 1 aromatic carbocycles. The zero-order valence-corrected chi connectivity index (χ0v) is 10.6. The Balaban J connectivity index is 2.42. The Morgan fingerprint density at radius 1 is 1.22 bits per heavy atom. The fourth-order valence-electron chi connectivity index (χ4n) is 1.45. The zero-order valence-electron chi connectivity index (χ0n) is 10.6. The summed E-state index contributed by atoms with van der Waals surface area (Å²) in [7, 11) is 1.90. The average Bonchev–Trinajstić information content (AvgIpc) is 2.33. The minimum atomic E-state index is -4.29. The summed E-state index contributed by atoms with van der Waals surface area (Å²) in [4.78, 5) is 0. The number of benzene rings is 1. The van der Waals surface area contributed by atoms with Crippen molar-refractivity contribution >= 4 is 0 Å². The van der Waals surface area contributed by atoms with Gasteiger partial charge in [-0.15, -0.1) is 0 Å². The molecule has 18 heavy (non-hydrogen) atoms. The second-order valence-electron chi connectivity index (χ2n) is 4.28. The fourth-order valence-corrected chi connectivity index (χ4v) is 1.45. The second kappa shape index (κ2) is 6.64. The van der Waals surface area contributed by atoms with Crippen molar-refractivity contribution in [2.45, 2.75) is 32.0 Å². The first kappa shape index (κ1) is 14.8. The third-order valence-corrected chi connectivity index (χ3v) is 2.68. The van der Waals surface area contributed by atoms with Crippen LogP contribution in [0.1, 0.15) is 18.9 Å². The van der Waals surface area contributed by atoms with Crippen LogP contribution in [0.15, 0.2) is 24.3 Å². The van der Waals surface area contributed by atoms with E-state index >= 15 is 0 Å². The van der Waals surface area contributed by atoms with Gasteiger partial charge in [0.25, 0.3) is 0 Å². The lowest BCUT2D eigenvalue weighted by Crippen LogP contribution is -2.21. The number of nitrogens with one attached hydrogen (secondary N) is 1. The van der Waals surface area contributed by atoms with Crippen LogP contribution in [0, 0.1) is 0 Å². The molecule has 1 rings (SSSR count). The Hall–Kier alpha value is -1.23. The van der Waals surface area contributed by atoms with Gasteiger partial charge in [0.2, 0.25) is 0 Å². The van der Waals surface area contributed by atoms with E-state index in [1.54, 1.807) is 24.3 Å². The maximum atomic E-state index is 11.9. The van der Waals surface area contributed by atoms with Crippen molar-refractivity contribution in [2.75, 3.05) is 13.7 Å². The molecule has 1 N–H and O–H groups in total. The third kappa shape index (κ3) is 5.91. The molecule has 0 spiro atoms. The van der Waals surface area contributed by atoms with Gasteiger partial charge in [-0.25, -0.2) is 0 Å². The summed E-state index contributed by atoms with van der Waals surface area (Å²) >= 11 is 0. The van der Waals surface area contributed by atoms with Crippen molar-refractivity contribution in [1.82, 2.24) is 5.32 Å². The minimum absolute atomic E-state index is 0.248. The smallest absolute Gasteiger partial charge is 0.422 e. The summed E-state index contributed by atoms with van der Waals surface area (Å²) in [5, 5.41) is 3.13. The van der Waals surface area contributed by atoms with Crippen molar-refractivity contribution < 1.29 is 17.9 Å². The van der Waals surface area contributed by atoms with Crippen LogP contribution in [-0.2, 0) is 6.42 Å². The molecule has 0 aliphatic carbocycles. The molecule has 0 aromatic heterocycles. The molecule has 2 nitrogen and oxygen atoms in total. The molecular formula is C13H18F3NO. The van der Waals surface area contributed by atoms with Crippen molar-refractivity contribution in [2.24, 2.45) is 0 Å². The van der Waals surface area contributed by atoms with Gasteiger partial charge in [-0.05, 0) is 44.5 Å². The molecule has 0 heterocycles. The summed E-state index contributed by atoms with van der Waals surface area (Å²) in [5.74, 6) is 0.248. The highest BCUT2D eigenvalue weighted by molar-refractivity contribution is 5.27. The van der Waals surface area contributed by atoms with Gasteiger partial charge in [0.05, 0.1) is 0 Å². The lowest BCUT2D eigenvalue weighted by Gasteiger charge is -2.11. The van der Waals surface area contributed by atoms with Crippen LogP contribution in [0.4, 0.5) is 13.2 Å². The molecule has 1 unspecified atom stereocenters. The molecule has 0 saturated heterocycles. The van der Waals surface area contributed by atoms with E-state index in [1.807, 2.05) is 7.05 Å². The molecule has 5 heteroatoms. The van der Waals surface area contributed by atoms with Crippen LogP contribution in [0.25, 0.3) is 0 Å². The van der Waals surface area contributed by atoms with Gasteiger partial charge in [-0.2, -0.15) is 13.2 Å². The topological polar surface area (TPSA) is 21.3 Å². The molecule has 1 atom stereocenters. The summed E-state index contributed by atoms with van der Waals surface area (Å²) < 4.78 is 40.4. The Kier molecular flexibility index (Phi) is 5.47. The van der Waals surface area contributed by atoms with E-state index in [1.165, 1.54) is 0 Å². The van der Waals surface area contributed by atoms with E-state index in [2.05, 4.69) is 17.0 Å². The van der Waals surface area contributed by atoms with Crippen molar-refractivity contribution in [3.63, 3.8) is 0 Å². The fraction of sp³-hybridized carbons (Fsp3) is 0.538. The molecule has 0 fully saturated rings. The molecule has 0 radical (unpaired) electrons. The van der Waals surface area contributed by atoms with E-state index in [0.29, 0.717) is 6.04 Å². The molecule has 0 aliphatic heterocycles. The summed E-state index contributed by atoms with van der Waals surface area (Å²) in [6.07, 6.45) is -2.41. The lowest BCUT2D eigenvalue weighted by atomic mass is 10.1. The van der Waals surface area contributed by atoms with Crippen LogP contribution in [0.2, 0.25) is 0 Å². The van der Waals surface area contributed by atoms with Crippen molar-refractivity contribution in [3.8, 4) is 5.75 Å². The number of hydrogen-bond acceptors (Lipinski definition) is 2. The predicted molar refractivity (Wildman–Crippen MR) is 64.8 cm³/mol. The highest BCUT2D eigenvalue weighted by atomic mass is 19.4. The van der Waals surface area contributed by atoms with E-state index in [4.69, 9.17) is 0 Å². The van der Waals surface area contributed by atoms with Gasteiger partial charge in [0.1, 0.15) is 5.75 Å². The summed E-state index contributed by atoms with van der Waals surface area (Å²) in [6, 6.07) is 7.17. The monoisotopic (exact) mass is 261 g/mol. The van der Waals surface area contributed by atoms with Crippen molar-refractivity contribution in [3.05, 3.63) is 29.8 Å². The number of alkyl halides is 3. The van der Waals surface area contributed by atoms with Crippen molar-refractivity contribution in [1.29, 1.82) is 0 Å². The maximum absolute atomic E-state index is 11.9. The van der Waals surface area contributed by atoms with Gasteiger partial charge in [0.15, 0.2) is 6.61 Å². The predicted octanol–water partition coefficient (Wildman–Crippen LogP) is 3.17. The van der Waals surface area contributed by atoms with E-state index in [9.17, 15) is 13.2 Å². The zero-order chi connectivity index (χ0) is 13.6.